The average molecular weight is 287 g/mol. The molecule has 21 heavy (non-hydrogen) atoms. The first-order chi connectivity index (χ1) is 10.2. The molecule has 4 rings (SSSR count). The molecule has 2 aliphatic heterocycles. The molecule has 0 N–H and O–H groups in total. The highest BCUT2D eigenvalue weighted by atomic mass is 16.5. The molecule has 0 spiro atoms. The first kappa shape index (κ1) is 13.4. The van der Waals surface area contributed by atoms with Crippen LogP contribution in [0.4, 0.5) is 5.82 Å². The number of ether oxygens (including phenoxy) is 1. The van der Waals surface area contributed by atoms with Gasteiger partial charge in [-0.05, 0) is 44.2 Å². The van der Waals surface area contributed by atoms with Crippen molar-refractivity contribution in [3.05, 3.63) is 17.8 Å². The van der Waals surface area contributed by atoms with Crippen molar-refractivity contribution in [1.29, 1.82) is 0 Å². The van der Waals surface area contributed by atoms with Gasteiger partial charge < -0.3 is 9.64 Å². The molecule has 1 saturated heterocycles. The van der Waals surface area contributed by atoms with Crippen LogP contribution in [0, 0.1) is 0 Å². The van der Waals surface area contributed by atoms with E-state index in [0.717, 1.165) is 50.1 Å². The highest BCUT2D eigenvalue weighted by Gasteiger charge is 2.33. The van der Waals surface area contributed by atoms with Crippen molar-refractivity contribution in [3.63, 3.8) is 0 Å². The summed E-state index contributed by atoms with van der Waals surface area (Å²) < 4.78 is 6.03. The largest absolute Gasteiger partial charge is 0.490 e. The zero-order valence-electron chi connectivity index (χ0n) is 13.1. The van der Waals surface area contributed by atoms with Crippen LogP contribution < -0.4 is 9.64 Å². The molecular weight excluding hydrogens is 262 g/mol. The van der Waals surface area contributed by atoms with Crippen LogP contribution >= 0.6 is 0 Å². The van der Waals surface area contributed by atoms with E-state index in [2.05, 4.69) is 35.9 Å². The van der Waals surface area contributed by atoms with E-state index in [1.165, 1.54) is 18.4 Å². The fraction of sp³-hybridized carbons (Fsp3) is 0.706. The molecule has 114 valence electrons. The summed E-state index contributed by atoms with van der Waals surface area (Å²) in [5, 5.41) is 0. The summed E-state index contributed by atoms with van der Waals surface area (Å²) in [4.78, 5) is 9.84. The van der Waals surface area contributed by atoms with E-state index < -0.39 is 0 Å². The van der Waals surface area contributed by atoms with Crippen LogP contribution in [0.25, 0.3) is 0 Å². The number of piperazine rings is 1. The van der Waals surface area contributed by atoms with Crippen molar-refractivity contribution in [1.82, 2.24) is 9.88 Å². The lowest BCUT2D eigenvalue weighted by Crippen LogP contribution is -2.55. The summed E-state index contributed by atoms with van der Waals surface area (Å²) in [5.74, 6) is 2.83. The second-order valence-corrected chi connectivity index (χ2v) is 6.94. The molecular formula is C17H25N3O. The van der Waals surface area contributed by atoms with Gasteiger partial charge in [0.15, 0.2) is 11.6 Å². The number of pyridine rings is 1. The van der Waals surface area contributed by atoms with Crippen molar-refractivity contribution in [2.45, 2.75) is 51.1 Å². The van der Waals surface area contributed by atoms with Crippen LogP contribution in [0.2, 0.25) is 0 Å². The molecule has 1 atom stereocenters. The highest BCUT2D eigenvalue weighted by molar-refractivity contribution is 5.56. The van der Waals surface area contributed by atoms with E-state index in [1.54, 1.807) is 0 Å². The number of nitrogens with zero attached hydrogens (tertiary/aromatic N) is 3. The van der Waals surface area contributed by atoms with E-state index >= 15 is 0 Å². The number of anilines is 1. The van der Waals surface area contributed by atoms with Crippen molar-refractivity contribution >= 4 is 5.82 Å². The van der Waals surface area contributed by atoms with Crippen LogP contribution in [0.1, 0.15) is 44.6 Å². The summed E-state index contributed by atoms with van der Waals surface area (Å²) in [5.41, 5.74) is 1.37. The molecule has 1 aromatic heterocycles. The Hall–Kier alpha value is -1.29. The Morgan fingerprint density at radius 1 is 1.24 bits per heavy atom. The Kier molecular flexibility index (Phi) is 3.29. The molecule has 3 aliphatic rings. The second kappa shape index (κ2) is 5.16. The number of aromatic nitrogens is 1. The van der Waals surface area contributed by atoms with Gasteiger partial charge in [-0.1, -0.05) is 0 Å². The third-order valence-corrected chi connectivity index (χ3v) is 5.13. The maximum atomic E-state index is 6.03. The van der Waals surface area contributed by atoms with Crippen LogP contribution in [0.15, 0.2) is 12.3 Å². The molecule has 4 heteroatoms. The predicted molar refractivity (Wildman–Crippen MR) is 84.2 cm³/mol. The summed E-state index contributed by atoms with van der Waals surface area (Å²) in [6, 6.07) is 3.42. The number of fused-ring (bicyclic) bond motifs is 3. The lowest BCUT2D eigenvalue weighted by Gasteiger charge is -2.42. The van der Waals surface area contributed by atoms with Gasteiger partial charge >= 0.3 is 0 Å². The summed E-state index contributed by atoms with van der Waals surface area (Å²) in [6.07, 6.45) is 5.81. The third kappa shape index (κ3) is 2.50. The van der Waals surface area contributed by atoms with Crippen molar-refractivity contribution in [2.75, 3.05) is 31.1 Å². The minimum atomic E-state index is 0.543. The summed E-state index contributed by atoms with van der Waals surface area (Å²) in [7, 11) is 0. The number of hydrogen-bond acceptors (Lipinski definition) is 4. The van der Waals surface area contributed by atoms with Gasteiger partial charge in [0.25, 0.3) is 0 Å². The minimum absolute atomic E-state index is 0.543. The lowest BCUT2D eigenvalue weighted by molar-refractivity contribution is 0.172. The van der Waals surface area contributed by atoms with Crippen molar-refractivity contribution in [2.24, 2.45) is 0 Å². The van der Waals surface area contributed by atoms with Gasteiger partial charge in [-0.25, -0.2) is 4.98 Å². The predicted octanol–water partition coefficient (Wildman–Crippen LogP) is 2.64. The average Bonchev–Trinajstić information content (AvgIpc) is 3.32. The van der Waals surface area contributed by atoms with Crippen LogP contribution in [0.5, 0.6) is 5.75 Å². The van der Waals surface area contributed by atoms with E-state index in [9.17, 15) is 0 Å². The van der Waals surface area contributed by atoms with Gasteiger partial charge in [0.05, 0.1) is 6.61 Å². The van der Waals surface area contributed by atoms with E-state index in [1.807, 2.05) is 0 Å². The monoisotopic (exact) mass is 287 g/mol. The topological polar surface area (TPSA) is 28.6 Å². The van der Waals surface area contributed by atoms with Crippen LogP contribution in [-0.2, 0) is 0 Å². The maximum absolute atomic E-state index is 6.03. The normalized spacial score (nSPS) is 26.0. The van der Waals surface area contributed by atoms with Gasteiger partial charge in [0, 0.05) is 44.3 Å². The van der Waals surface area contributed by atoms with Gasteiger partial charge in [-0.15, -0.1) is 0 Å². The smallest absolute Gasteiger partial charge is 0.171 e. The molecule has 1 aromatic rings. The van der Waals surface area contributed by atoms with Gasteiger partial charge in [-0.3, -0.25) is 4.90 Å². The molecule has 0 bridgehead atoms. The van der Waals surface area contributed by atoms with E-state index in [-0.39, 0.29) is 0 Å². The third-order valence-electron chi connectivity index (χ3n) is 5.13. The van der Waals surface area contributed by atoms with Crippen LogP contribution in [0.3, 0.4) is 0 Å². The Labute approximate surface area is 127 Å². The second-order valence-electron chi connectivity index (χ2n) is 6.94. The van der Waals surface area contributed by atoms with Gasteiger partial charge in [-0.2, -0.15) is 0 Å². The zero-order chi connectivity index (χ0) is 14.4. The molecule has 0 radical (unpaired) electrons. The fourth-order valence-corrected chi connectivity index (χ4v) is 3.59. The molecule has 3 heterocycles. The zero-order valence-corrected chi connectivity index (χ0v) is 13.1. The molecule has 2 fully saturated rings. The Morgan fingerprint density at radius 2 is 2.10 bits per heavy atom. The van der Waals surface area contributed by atoms with E-state index in [4.69, 9.17) is 9.72 Å². The SMILES string of the molecule is CC(C)N1CCN2c3ncc(C4CC4)cc3OCC[C@@H]2C1. The molecule has 0 aromatic carbocycles. The molecule has 1 aliphatic carbocycles. The van der Waals surface area contributed by atoms with Crippen molar-refractivity contribution in [3.8, 4) is 5.75 Å². The van der Waals surface area contributed by atoms with Crippen molar-refractivity contribution < 1.29 is 4.74 Å². The number of hydrogen-bond donors (Lipinski definition) is 0. The maximum Gasteiger partial charge on any atom is 0.171 e. The van der Waals surface area contributed by atoms with Gasteiger partial charge in [0.2, 0.25) is 0 Å². The molecule has 0 unspecified atom stereocenters. The summed E-state index contributed by atoms with van der Waals surface area (Å²) >= 11 is 0. The molecule has 1 saturated carbocycles. The Morgan fingerprint density at radius 3 is 2.86 bits per heavy atom. The highest BCUT2D eigenvalue weighted by Crippen LogP contribution is 2.43. The Balaban J connectivity index is 1.61. The Bertz CT molecular complexity index is 527. The molecule has 4 nitrogen and oxygen atoms in total. The fourth-order valence-electron chi connectivity index (χ4n) is 3.59. The van der Waals surface area contributed by atoms with Crippen LogP contribution in [-0.4, -0.2) is 48.2 Å². The first-order valence-corrected chi connectivity index (χ1v) is 8.36. The molecule has 0 amide bonds. The standard InChI is InChI=1S/C17H25N3O/c1-12(2)19-6-7-20-15(11-19)5-8-21-16-9-14(13-3-4-13)10-18-17(16)20/h9-10,12-13,15H,3-8,11H2,1-2H3/t15-/m1/s1. The van der Waals surface area contributed by atoms with Gasteiger partial charge in [0.1, 0.15) is 0 Å². The first-order valence-electron chi connectivity index (χ1n) is 8.36. The minimum Gasteiger partial charge on any atom is -0.490 e. The number of rotatable bonds is 2. The summed E-state index contributed by atoms with van der Waals surface area (Å²) in [6.45, 7) is 8.71. The van der Waals surface area contributed by atoms with E-state index in [0.29, 0.717) is 12.1 Å². The quantitative estimate of drug-likeness (QED) is 0.836. The lowest BCUT2D eigenvalue weighted by atomic mass is 10.1.